The molecule has 0 N–H and O–H groups in total. The molecular weight excluding hydrogens is 210 g/mol. The van der Waals surface area contributed by atoms with Gasteiger partial charge in [-0.1, -0.05) is 0 Å². The molecule has 5 heteroatoms. The third-order valence-electron chi connectivity index (χ3n) is 2.61. The lowest BCUT2D eigenvalue weighted by atomic mass is 10.4. The highest BCUT2D eigenvalue weighted by Gasteiger charge is 2.25. The Hall–Kier alpha value is -0.943. The summed E-state index contributed by atoms with van der Waals surface area (Å²) in [5.41, 5.74) is 0. The zero-order chi connectivity index (χ0) is 11.5. The maximum Gasteiger partial charge on any atom is 0.253 e. The molecule has 0 fully saturated rings. The Morgan fingerprint density at radius 3 is 2.27 bits per heavy atom. The molecule has 0 saturated carbocycles. The van der Waals surface area contributed by atoms with Gasteiger partial charge in [0.15, 0.2) is 8.32 Å². The number of imide groups is 1. The predicted octanol–water partition coefficient (Wildman–Crippen LogP) is 1.15. The molecule has 0 aliphatic carbocycles. The van der Waals surface area contributed by atoms with Crippen molar-refractivity contribution in [1.29, 1.82) is 0 Å². The van der Waals surface area contributed by atoms with E-state index in [0.29, 0.717) is 6.54 Å². The molecule has 1 heterocycles. The molecule has 0 aromatic rings. The first-order valence-electron chi connectivity index (χ1n) is 5.05. The van der Waals surface area contributed by atoms with Gasteiger partial charge in [-0.25, -0.2) is 0 Å². The minimum Gasteiger partial charge on any atom is -0.420 e. The van der Waals surface area contributed by atoms with E-state index < -0.39 is 8.32 Å². The van der Waals surface area contributed by atoms with Crippen LogP contribution in [0, 0.1) is 0 Å². The third-order valence-corrected chi connectivity index (χ3v) is 5.28. The fourth-order valence-corrected chi connectivity index (χ4v) is 2.63. The molecule has 0 bridgehead atoms. The lowest BCUT2D eigenvalue weighted by Gasteiger charge is -2.21. The highest BCUT2D eigenvalue weighted by Crippen LogP contribution is 2.14. The second-order valence-corrected chi connectivity index (χ2v) is 8.66. The van der Waals surface area contributed by atoms with Gasteiger partial charge in [0.25, 0.3) is 11.8 Å². The molecule has 4 nitrogen and oxygen atoms in total. The van der Waals surface area contributed by atoms with Crippen LogP contribution in [0.15, 0.2) is 12.2 Å². The average molecular weight is 227 g/mol. The first kappa shape index (κ1) is 12.1. The fraction of sp³-hybridized carbons (Fsp3) is 0.600. The summed E-state index contributed by atoms with van der Waals surface area (Å²) in [6.07, 6.45) is 3.47. The van der Waals surface area contributed by atoms with Gasteiger partial charge < -0.3 is 4.43 Å². The van der Waals surface area contributed by atoms with Crippen LogP contribution in [0.25, 0.3) is 0 Å². The highest BCUT2D eigenvalue weighted by atomic mass is 28.4. The van der Waals surface area contributed by atoms with Crippen LogP contribution in [0.4, 0.5) is 0 Å². The summed E-state index contributed by atoms with van der Waals surface area (Å²) >= 11 is 0. The molecule has 15 heavy (non-hydrogen) atoms. The van der Waals surface area contributed by atoms with Crippen LogP contribution in [-0.4, -0.2) is 38.7 Å². The number of hydrogen-bond donors (Lipinski definition) is 0. The van der Waals surface area contributed by atoms with Crippen LogP contribution in [0.1, 0.15) is 6.42 Å². The van der Waals surface area contributed by atoms with Crippen LogP contribution < -0.4 is 0 Å². The zero-order valence-electron chi connectivity index (χ0n) is 9.45. The summed E-state index contributed by atoms with van der Waals surface area (Å²) in [6, 6.07) is 0.959. The Labute approximate surface area is 91.0 Å². The van der Waals surface area contributed by atoms with E-state index in [4.69, 9.17) is 4.43 Å². The minimum absolute atomic E-state index is 0.197. The number of rotatable bonds is 5. The quantitative estimate of drug-likeness (QED) is 0.523. The van der Waals surface area contributed by atoms with Gasteiger partial charge in [0.1, 0.15) is 0 Å². The van der Waals surface area contributed by atoms with Crippen LogP contribution in [-0.2, 0) is 14.0 Å². The van der Waals surface area contributed by atoms with Crippen molar-refractivity contribution in [1.82, 2.24) is 4.90 Å². The summed E-state index contributed by atoms with van der Waals surface area (Å²) in [7, 11) is 0.159. The van der Waals surface area contributed by atoms with Crippen molar-refractivity contribution in [3.8, 4) is 0 Å². The van der Waals surface area contributed by atoms with Crippen molar-refractivity contribution in [3.63, 3.8) is 0 Å². The largest absolute Gasteiger partial charge is 0.420 e. The van der Waals surface area contributed by atoms with Crippen LogP contribution >= 0.6 is 0 Å². The molecule has 0 atom stereocenters. The van der Waals surface area contributed by atoms with Crippen molar-refractivity contribution < 1.29 is 14.0 Å². The molecule has 0 aromatic heterocycles. The van der Waals surface area contributed by atoms with Crippen LogP contribution in [0.2, 0.25) is 19.1 Å². The van der Waals surface area contributed by atoms with E-state index in [2.05, 4.69) is 13.1 Å². The Kier molecular flexibility index (Phi) is 3.81. The van der Waals surface area contributed by atoms with Gasteiger partial charge in [0.05, 0.1) is 0 Å². The Balaban J connectivity index is 2.33. The lowest BCUT2D eigenvalue weighted by molar-refractivity contribution is -0.136. The van der Waals surface area contributed by atoms with Crippen molar-refractivity contribution in [2.75, 3.05) is 13.7 Å². The van der Waals surface area contributed by atoms with Gasteiger partial charge in [-0.3, -0.25) is 14.5 Å². The van der Waals surface area contributed by atoms with Crippen LogP contribution in [0.3, 0.4) is 0 Å². The molecule has 0 saturated heterocycles. The highest BCUT2D eigenvalue weighted by molar-refractivity contribution is 6.71. The summed E-state index contributed by atoms with van der Waals surface area (Å²) in [5, 5.41) is 0. The molecule has 84 valence electrons. The van der Waals surface area contributed by atoms with E-state index in [1.165, 1.54) is 17.1 Å². The molecular formula is C10H17NO3Si. The maximum absolute atomic E-state index is 11.2. The first-order valence-corrected chi connectivity index (χ1v) is 8.16. The van der Waals surface area contributed by atoms with Gasteiger partial charge >= 0.3 is 0 Å². The minimum atomic E-state index is -1.56. The van der Waals surface area contributed by atoms with Gasteiger partial charge in [-0.05, 0) is 25.6 Å². The molecule has 2 amide bonds. The number of nitrogens with zero attached hydrogens (tertiary/aromatic N) is 1. The summed E-state index contributed by atoms with van der Waals surface area (Å²) < 4.78 is 5.39. The molecule has 1 rings (SSSR count). The van der Waals surface area contributed by atoms with Crippen LogP contribution in [0.5, 0.6) is 0 Å². The first-order chi connectivity index (χ1) is 6.96. The Morgan fingerprint density at radius 1 is 1.27 bits per heavy atom. The molecule has 0 unspecified atom stereocenters. The second kappa shape index (κ2) is 4.72. The molecule has 1 aliphatic rings. The van der Waals surface area contributed by atoms with Crippen molar-refractivity contribution in [2.24, 2.45) is 0 Å². The topological polar surface area (TPSA) is 46.6 Å². The lowest BCUT2D eigenvalue weighted by Crippen LogP contribution is -2.34. The Bertz CT molecular complexity index is 281. The van der Waals surface area contributed by atoms with Gasteiger partial charge in [-0.15, -0.1) is 0 Å². The van der Waals surface area contributed by atoms with Crippen molar-refractivity contribution in [2.45, 2.75) is 25.6 Å². The smallest absolute Gasteiger partial charge is 0.253 e. The molecule has 0 radical (unpaired) electrons. The second-order valence-electron chi connectivity index (χ2n) is 4.23. The maximum atomic E-state index is 11.2. The summed E-state index contributed by atoms with van der Waals surface area (Å²) in [4.78, 5) is 23.7. The van der Waals surface area contributed by atoms with E-state index in [-0.39, 0.29) is 11.8 Å². The number of hydrogen-bond acceptors (Lipinski definition) is 3. The van der Waals surface area contributed by atoms with E-state index >= 15 is 0 Å². The van der Waals surface area contributed by atoms with Crippen molar-refractivity contribution >= 4 is 20.1 Å². The molecule has 1 aliphatic heterocycles. The number of amides is 2. The predicted molar refractivity (Wildman–Crippen MR) is 59.8 cm³/mol. The zero-order valence-corrected chi connectivity index (χ0v) is 10.4. The SMILES string of the molecule is CO[Si](C)(C)CCCN1C(=O)C=CC1=O. The third kappa shape index (κ3) is 3.28. The van der Waals surface area contributed by atoms with Gasteiger partial charge in [-0.2, -0.15) is 0 Å². The average Bonchev–Trinajstić information content (AvgIpc) is 2.49. The van der Waals surface area contributed by atoms with E-state index in [9.17, 15) is 9.59 Å². The van der Waals surface area contributed by atoms with E-state index in [1.54, 1.807) is 7.11 Å². The number of carbonyl (C=O) groups excluding carboxylic acids is 2. The summed E-state index contributed by atoms with van der Waals surface area (Å²) in [6.45, 7) is 4.75. The van der Waals surface area contributed by atoms with Gasteiger partial charge in [0.2, 0.25) is 0 Å². The van der Waals surface area contributed by atoms with E-state index in [1.807, 2.05) is 0 Å². The summed E-state index contributed by atoms with van der Waals surface area (Å²) in [5.74, 6) is -0.395. The normalized spacial score (nSPS) is 16.6. The monoisotopic (exact) mass is 227 g/mol. The number of carbonyl (C=O) groups is 2. The molecule has 0 spiro atoms. The fourth-order valence-electron chi connectivity index (χ4n) is 1.42. The Morgan fingerprint density at radius 2 is 1.80 bits per heavy atom. The van der Waals surface area contributed by atoms with Gasteiger partial charge in [0, 0.05) is 25.8 Å². The van der Waals surface area contributed by atoms with E-state index in [0.717, 1.165) is 12.5 Å². The van der Waals surface area contributed by atoms with Crippen molar-refractivity contribution in [3.05, 3.63) is 12.2 Å². The molecule has 0 aromatic carbocycles. The standard InChI is InChI=1S/C10H17NO3Si/c1-14-15(2,3)8-4-7-11-9(12)5-6-10(11)13/h5-6H,4,7-8H2,1-3H3.